The average Bonchev–Trinajstić information content (AvgIpc) is 2.73. The van der Waals surface area contributed by atoms with Crippen molar-refractivity contribution in [3.63, 3.8) is 0 Å². The van der Waals surface area contributed by atoms with E-state index in [1.54, 1.807) is 7.11 Å². The normalized spacial score (nSPS) is 15.0. The van der Waals surface area contributed by atoms with Crippen LogP contribution in [0.15, 0.2) is 54.6 Å². The monoisotopic (exact) mass is 402 g/mol. The van der Waals surface area contributed by atoms with Gasteiger partial charge in [0.15, 0.2) is 0 Å². The van der Waals surface area contributed by atoms with Gasteiger partial charge < -0.3 is 4.74 Å². The number of sulfonamides is 1. The van der Waals surface area contributed by atoms with Crippen LogP contribution in [0.1, 0.15) is 12.0 Å². The second-order valence-corrected chi connectivity index (χ2v) is 8.41. The van der Waals surface area contributed by atoms with Gasteiger partial charge in [0.05, 0.1) is 7.11 Å². The number of carbonyl (C=O) groups is 1. The van der Waals surface area contributed by atoms with Crippen LogP contribution < -0.4 is 10.2 Å². The summed E-state index contributed by atoms with van der Waals surface area (Å²) in [6, 6.07) is 15.9. The molecule has 0 unspecified atom stereocenters. The Bertz CT molecular complexity index is 984. The van der Waals surface area contributed by atoms with Gasteiger partial charge in [0, 0.05) is 13.1 Å². The molecule has 7 nitrogen and oxygen atoms in total. The summed E-state index contributed by atoms with van der Waals surface area (Å²) in [6.45, 7) is 0.499. The summed E-state index contributed by atoms with van der Waals surface area (Å²) in [6.07, 6.45) is 2.41. The quantitative estimate of drug-likeness (QED) is 0.571. The van der Waals surface area contributed by atoms with Gasteiger partial charge >= 0.3 is 0 Å². The zero-order valence-corrected chi connectivity index (χ0v) is 16.3. The van der Waals surface area contributed by atoms with Crippen LogP contribution >= 0.6 is 0 Å². The fourth-order valence-corrected chi connectivity index (χ4v) is 4.38. The van der Waals surface area contributed by atoms with Crippen LogP contribution in [-0.2, 0) is 14.8 Å². The minimum Gasteiger partial charge on any atom is -0.497 e. The lowest BCUT2D eigenvalue weighted by Gasteiger charge is -2.25. The van der Waals surface area contributed by atoms with Crippen LogP contribution in [-0.4, -0.2) is 49.8 Å². The number of nitrogens with one attached hydrogen (secondary N) is 1. The van der Waals surface area contributed by atoms with E-state index in [2.05, 4.69) is 0 Å². The molecule has 0 aromatic heterocycles. The van der Waals surface area contributed by atoms with Gasteiger partial charge in [-0.2, -0.15) is 4.31 Å². The molecule has 2 aromatic rings. The third-order valence-corrected chi connectivity index (χ3v) is 6.41. The second kappa shape index (κ2) is 8.55. The number of hydrogen-bond acceptors (Lipinski definition) is 5. The number of ether oxygens (including phenoxy) is 1. The second-order valence-electron chi connectivity index (χ2n) is 6.44. The van der Waals surface area contributed by atoms with E-state index in [1.165, 1.54) is 9.79 Å². The number of hydrogen-bond donors (Lipinski definition) is 2. The zero-order valence-electron chi connectivity index (χ0n) is 15.5. The van der Waals surface area contributed by atoms with E-state index in [1.807, 2.05) is 54.6 Å². The van der Waals surface area contributed by atoms with Crippen LogP contribution in [0.25, 0.3) is 16.7 Å². The Hall–Kier alpha value is -2.68. The maximum atomic E-state index is 12.2. The van der Waals surface area contributed by atoms with E-state index in [4.69, 9.17) is 9.94 Å². The van der Waals surface area contributed by atoms with Crippen molar-refractivity contribution in [2.24, 2.45) is 0 Å². The molecule has 1 heterocycles. The molecular weight excluding hydrogens is 380 g/mol. The number of rotatable bonds is 6. The van der Waals surface area contributed by atoms with E-state index < -0.39 is 21.7 Å². The maximum Gasteiger partial charge on any atom is 0.259 e. The predicted molar refractivity (Wildman–Crippen MR) is 106 cm³/mol. The Morgan fingerprint density at radius 3 is 2.46 bits per heavy atom. The van der Waals surface area contributed by atoms with Gasteiger partial charge in [-0.05, 0) is 40.8 Å². The summed E-state index contributed by atoms with van der Waals surface area (Å²) in [7, 11) is -2.11. The van der Waals surface area contributed by atoms with Crippen molar-refractivity contribution in [3.05, 3.63) is 60.2 Å². The molecule has 0 saturated heterocycles. The number of carbonyl (C=O) groups excluding carboxylic acids is 1. The van der Waals surface area contributed by atoms with E-state index in [-0.39, 0.29) is 6.54 Å². The Balaban J connectivity index is 1.71. The molecular formula is C20H22N2O5S. The number of amides is 1. The summed E-state index contributed by atoms with van der Waals surface area (Å²) in [5, 5.41) is 8.52. The summed E-state index contributed by atoms with van der Waals surface area (Å²) >= 11 is 0. The minimum atomic E-state index is -3.74. The highest BCUT2D eigenvalue weighted by Crippen LogP contribution is 2.28. The van der Waals surface area contributed by atoms with Gasteiger partial charge in [-0.15, -0.1) is 0 Å². The molecule has 0 fully saturated rings. The molecule has 1 aliphatic rings. The number of nitrogens with zero attached hydrogens (tertiary/aromatic N) is 1. The Labute approximate surface area is 164 Å². The molecule has 0 atom stereocenters. The van der Waals surface area contributed by atoms with Crippen molar-refractivity contribution < 1.29 is 23.2 Å². The minimum absolute atomic E-state index is 0.202. The van der Waals surface area contributed by atoms with Crippen LogP contribution in [0.4, 0.5) is 0 Å². The molecule has 0 saturated carbocycles. The first kappa shape index (κ1) is 20.1. The van der Waals surface area contributed by atoms with Gasteiger partial charge in [0.2, 0.25) is 10.0 Å². The molecule has 2 N–H and O–H groups in total. The van der Waals surface area contributed by atoms with Crippen molar-refractivity contribution in [3.8, 4) is 16.9 Å². The van der Waals surface area contributed by atoms with Crippen LogP contribution in [0.2, 0.25) is 0 Å². The standard InChI is InChI=1S/C20H22N2O5S/c1-27-19-4-2-3-18(13-19)16-7-5-15(6-8-16)17-9-11-22(12-10-17)28(25,26)14-20(23)21-24/h2-9,13,24H,10-12,14H2,1H3,(H,21,23). The molecule has 148 valence electrons. The SMILES string of the molecule is COc1cccc(-c2ccc(C3=CCN(S(=O)(=O)CC(=O)NO)CC3)cc2)c1. The molecule has 28 heavy (non-hydrogen) atoms. The van der Waals surface area contributed by atoms with Gasteiger partial charge in [-0.3, -0.25) is 10.0 Å². The van der Waals surface area contributed by atoms with Gasteiger partial charge in [-0.1, -0.05) is 42.5 Å². The first-order valence-electron chi connectivity index (χ1n) is 8.77. The van der Waals surface area contributed by atoms with E-state index in [9.17, 15) is 13.2 Å². The highest BCUT2D eigenvalue weighted by atomic mass is 32.2. The van der Waals surface area contributed by atoms with Crippen LogP contribution in [0.3, 0.4) is 0 Å². The van der Waals surface area contributed by atoms with E-state index in [0.717, 1.165) is 28.0 Å². The highest BCUT2D eigenvalue weighted by molar-refractivity contribution is 7.89. The van der Waals surface area contributed by atoms with Gasteiger partial charge in [0.25, 0.3) is 5.91 Å². The van der Waals surface area contributed by atoms with Crippen molar-refractivity contribution >= 4 is 21.5 Å². The summed E-state index contributed by atoms with van der Waals surface area (Å²) in [4.78, 5) is 11.2. The van der Waals surface area contributed by atoms with Gasteiger partial charge in [-0.25, -0.2) is 13.9 Å². The highest BCUT2D eigenvalue weighted by Gasteiger charge is 2.26. The Morgan fingerprint density at radius 1 is 1.14 bits per heavy atom. The number of benzene rings is 2. The Morgan fingerprint density at radius 2 is 1.86 bits per heavy atom. The molecule has 0 aliphatic carbocycles. The number of hydroxylamine groups is 1. The van der Waals surface area contributed by atoms with Gasteiger partial charge in [0.1, 0.15) is 11.5 Å². The topological polar surface area (TPSA) is 95.9 Å². The molecule has 1 amide bonds. The molecule has 8 heteroatoms. The largest absolute Gasteiger partial charge is 0.497 e. The van der Waals surface area contributed by atoms with Crippen LogP contribution in [0.5, 0.6) is 5.75 Å². The van der Waals surface area contributed by atoms with Crippen molar-refractivity contribution in [2.75, 3.05) is 26.0 Å². The van der Waals surface area contributed by atoms with Crippen LogP contribution in [0, 0.1) is 0 Å². The average molecular weight is 402 g/mol. The molecule has 3 rings (SSSR count). The summed E-state index contributed by atoms with van der Waals surface area (Å²) in [5.41, 5.74) is 5.58. The zero-order chi connectivity index (χ0) is 20.1. The van der Waals surface area contributed by atoms with Crippen molar-refractivity contribution in [2.45, 2.75) is 6.42 Å². The summed E-state index contributed by atoms with van der Waals surface area (Å²) in [5.74, 6) is -0.905. The van der Waals surface area contributed by atoms with Crippen molar-refractivity contribution in [1.29, 1.82) is 0 Å². The smallest absolute Gasteiger partial charge is 0.259 e. The molecule has 2 aromatic carbocycles. The lowest BCUT2D eigenvalue weighted by Crippen LogP contribution is -2.40. The predicted octanol–water partition coefficient (Wildman–Crippen LogP) is 2.29. The third kappa shape index (κ3) is 4.59. The fraction of sp³-hybridized carbons (Fsp3) is 0.250. The molecule has 0 spiro atoms. The molecule has 1 aliphatic heterocycles. The maximum absolute atomic E-state index is 12.2. The lowest BCUT2D eigenvalue weighted by atomic mass is 9.97. The third-order valence-electron chi connectivity index (χ3n) is 4.66. The molecule has 0 radical (unpaired) electrons. The first-order chi connectivity index (χ1) is 13.4. The van der Waals surface area contributed by atoms with E-state index in [0.29, 0.717) is 13.0 Å². The number of methoxy groups -OCH3 is 1. The molecule has 0 bridgehead atoms. The first-order valence-corrected chi connectivity index (χ1v) is 10.4. The van der Waals surface area contributed by atoms with Crippen molar-refractivity contribution in [1.82, 2.24) is 9.79 Å². The van der Waals surface area contributed by atoms with E-state index >= 15 is 0 Å². The summed E-state index contributed by atoms with van der Waals surface area (Å²) < 4.78 is 30.8. The fourth-order valence-electron chi connectivity index (χ4n) is 3.13. The lowest BCUT2D eigenvalue weighted by molar-refractivity contribution is -0.126. The Kier molecular flexibility index (Phi) is 6.13.